The maximum atomic E-state index is 12.5. The summed E-state index contributed by atoms with van der Waals surface area (Å²) in [7, 11) is 0. The molecule has 15 heavy (non-hydrogen) atoms. The Morgan fingerprint density at radius 2 is 2.27 bits per heavy atom. The van der Waals surface area contributed by atoms with Gasteiger partial charge in [-0.2, -0.15) is 5.26 Å². The summed E-state index contributed by atoms with van der Waals surface area (Å²) in [6.07, 6.45) is -2.47. The SMILES string of the molecule is N#CCc1nc(I)c(C(F)F)cc1CN. The first-order valence-corrected chi connectivity index (χ1v) is 5.21. The summed E-state index contributed by atoms with van der Waals surface area (Å²) >= 11 is 1.73. The van der Waals surface area contributed by atoms with Crippen molar-refractivity contribution in [2.45, 2.75) is 19.4 Å². The molecule has 0 unspecified atom stereocenters. The van der Waals surface area contributed by atoms with E-state index in [0.717, 1.165) is 0 Å². The molecule has 3 nitrogen and oxygen atoms in total. The van der Waals surface area contributed by atoms with Gasteiger partial charge in [-0.25, -0.2) is 13.8 Å². The van der Waals surface area contributed by atoms with Gasteiger partial charge in [-0.05, 0) is 34.2 Å². The first-order valence-electron chi connectivity index (χ1n) is 4.13. The highest BCUT2D eigenvalue weighted by Crippen LogP contribution is 2.25. The molecule has 0 radical (unpaired) electrons. The summed E-state index contributed by atoms with van der Waals surface area (Å²) in [6.45, 7) is 0.112. The van der Waals surface area contributed by atoms with E-state index in [1.54, 1.807) is 22.6 Å². The van der Waals surface area contributed by atoms with Gasteiger partial charge in [-0.1, -0.05) is 0 Å². The van der Waals surface area contributed by atoms with Crippen molar-refractivity contribution in [1.82, 2.24) is 4.98 Å². The molecule has 0 saturated carbocycles. The molecule has 0 aliphatic carbocycles. The zero-order valence-electron chi connectivity index (χ0n) is 7.67. The number of pyridine rings is 1. The highest BCUT2D eigenvalue weighted by atomic mass is 127. The van der Waals surface area contributed by atoms with E-state index in [1.807, 2.05) is 6.07 Å². The summed E-state index contributed by atoms with van der Waals surface area (Å²) in [5.74, 6) is 0. The Balaban J connectivity index is 3.24. The second-order valence-corrected chi connectivity index (χ2v) is 3.84. The number of nitrogens with zero attached hydrogens (tertiary/aromatic N) is 2. The molecule has 80 valence electrons. The Labute approximate surface area is 99.4 Å². The van der Waals surface area contributed by atoms with Crippen LogP contribution < -0.4 is 5.73 Å². The molecule has 1 heterocycles. The van der Waals surface area contributed by atoms with Gasteiger partial charge in [-0.3, -0.25) is 0 Å². The molecular formula is C9H8F2IN3. The van der Waals surface area contributed by atoms with Crippen LogP contribution in [0.3, 0.4) is 0 Å². The van der Waals surface area contributed by atoms with Crippen LogP contribution in [0, 0.1) is 15.0 Å². The first-order chi connectivity index (χ1) is 7.10. The lowest BCUT2D eigenvalue weighted by molar-refractivity contribution is 0.149. The van der Waals surface area contributed by atoms with Gasteiger partial charge in [0.25, 0.3) is 6.43 Å². The Morgan fingerprint density at radius 1 is 1.60 bits per heavy atom. The fourth-order valence-corrected chi connectivity index (χ4v) is 1.83. The fourth-order valence-electron chi connectivity index (χ4n) is 1.14. The molecule has 0 bridgehead atoms. The van der Waals surface area contributed by atoms with Crippen molar-refractivity contribution in [3.8, 4) is 6.07 Å². The first kappa shape index (κ1) is 12.3. The van der Waals surface area contributed by atoms with Gasteiger partial charge in [0, 0.05) is 12.1 Å². The van der Waals surface area contributed by atoms with Crippen molar-refractivity contribution >= 4 is 22.6 Å². The van der Waals surface area contributed by atoms with Crippen LogP contribution in [0.1, 0.15) is 23.2 Å². The maximum absolute atomic E-state index is 12.5. The normalized spacial score (nSPS) is 10.4. The van der Waals surface area contributed by atoms with Crippen molar-refractivity contribution < 1.29 is 8.78 Å². The Hall–Kier alpha value is -0.810. The highest BCUT2D eigenvalue weighted by Gasteiger charge is 2.16. The smallest absolute Gasteiger partial charge is 0.266 e. The van der Waals surface area contributed by atoms with Crippen LogP contribution in [0.5, 0.6) is 0 Å². The average Bonchev–Trinajstić information content (AvgIpc) is 2.18. The van der Waals surface area contributed by atoms with Gasteiger partial charge in [0.1, 0.15) is 3.70 Å². The van der Waals surface area contributed by atoms with E-state index in [-0.39, 0.29) is 22.2 Å². The lowest BCUT2D eigenvalue weighted by Gasteiger charge is -2.09. The monoisotopic (exact) mass is 323 g/mol. The van der Waals surface area contributed by atoms with Crippen LogP contribution in [0.15, 0.2) is 6.07 Å². The Morgan fingerprint density at radius 3 is 2.73 bits per heavy atom. The number of hydrogen-bond donors (Lipinski definition) is 1. The highest BCUT2D eigenvalue weighted by molar-refractivity contribution is 14.1. The predicted octanol–water partition coefficient (Wildman–Crippen LogP) is 2.15. The molecule has 6 heteroatoms. The van der Waals surface area contributed by atoms with Crippen LogP contribution >= 0.6 is 22.6 Å². The van der Waals surface area contributed by atoms with Crippen LogP contribution in [0.25, 0.3) is 0 Å². The number of aromatic nitrogens is 1. The van der Waals surface area contributed by atoms with E-state index in [4.69, 9.17) is 11.0 Å². The molecule has 1 rings (SSSR count). The van der Waals surface area contributed by atoms with Gasteiger partial charge in [0.05, 0.1) is 18.2 Å². The van der Waals surface area contributed by atoms with Crippen molar-refractivity contribution in [3.63, 3.8) is 0 Å². The third-order valence-corrected chi connectivity index (χ3v) is 2.74. The molecular weight excluding hydrogens is 315 g/mol. The van der Waals surface area contributed by atoms with Crippen LogP contribution in [-0.4, -0.2) is 4.98 Å². The van der Waals surface area contributed by atoms with Gasteiger partial charge < -0.3 is 5.73 Å². The van der Waals surface area contributed by atoms with Crippen molar-refractivity contribution in [2.75, 3.05) is 0 Å². The zero-order valence-corrected chi connectivity index (χ0v) is 9.83. The molecule has 2 N–H and O–H groups in total. The lowest BCUT2D eigenvalue weighted by Crippen LogP contribution is -2.07. The number of nitrogens with two attached hydrogens (primary N) is 1. The van der Waals surface area contributed by atoms with Crippen LogP contribution in [-0.2, 0) is 13.0 Å². The predicted molar refractivity (Wildman–Crippen MR) is 59.1 cm³/mol. The van der Waals surface area contributed by atoms with E-state index in [1.165, 1.54) is 6.07 Å². The topological polar surface area (TPSA) is 62.7 Å². The van der Waals surface area contributed by atoms with E-state index in [0.29, 0.717) is 11.3 Å². The largest absolute Gasteiger partial charge is 0.326 e. The van der Waals surface area contributed by atoms with Crippen LogP contribution in [0.2, 0.25) is 0 Å². The van der Waals surface area contributed by atoms with E-state index in [9.17, 15) is 8.78 Å². The molecule has 0 aromatic carbocycles. The maximum Gasteiger partial charge on any atom is 0.266 e. The quantitative estimate of drug-likeness (QED) is 0.685. The van der Waals surface area contributed by atoms with Gasteiger partial charge in [0.15, 0.2) is 0 Å². The standard InChI is InChI=1S/C9H8F2IN3/c10-8(11)6-3-5(4-14)7(1-2-13)15-9(6)12/h3,8H,1,4,14H2. The molecule has 1 aromatic rings. The van der Waals surface area contributed by atoms with E-state index < -0.39 is 6.43 Å². The summed E-state index contributed by atoms with van der Waals surface area (Å²) in [6, 6.07) is 3.25. The zero-order chi connectivity index (χ0) is 11.4. The molecule has 0 fully saturated rings. The number of alkyl halides is 2. The number of halogens is 3. The molecule has 0 atom stereocenters. The number of rotatable bonds is 3. The second-order valence-electron chi connectivity index (χ2n) is 2.81. The summed E-state index contributed by atoms with van der Waals surface area (Å²) in [5, 5.41) is 8.53. The third-order valence-electron chi connectivity index (χ3n) is 1.87. The van der Waals surface area contributed by atoms with Crippen LogP contribution in [0.4, 0.5) is 8.78 Å². The Bertz CT molecular complexity index is 401. The minimum Gasteiger partial charge on any atom is -0.326 e. The van der Waals surface area contributed by atoms with Gasteiger partial charge in [-0.15, -0.1) is 0 Å². The average molecular weight is 323 g/mol. The second kappa shape index (κ2) is 5.32. The van der Waals surface area contributed by atoms with Crippen molar-refractivity contribution in [3.05, 3.63) is 26.6 Å². The van der Waals surface area contributed by atoms with E-state index >= 15 is 0 Å². The van der Waals surface area contributed by atoms with Gasteiger partial charge in [0.2, 0.25) is 0 Å². The molecule has 0 aliphatic rings. The van der Waals surface area contributed by atoms with Crippen molar-refractivity contribution in [1.29, 1.82) is 5.26 Å². The third kappa shape index (κ3) is 2.82. The molecule has 1 aromatic heterocycles. The lowest BCUT2D eigenvalue weighted by atomic mass is 10.1. The number of nitriles is 1. The summed E-state index contributed by atoms with van der Waals surface area (Å²) in [4.78, 5) is 3.96. The number of hydrogen-bond acceptors (Lipinski definition) is 3. The molecule has 0 saturated heterocycles. The molecule has 0 aliphatic heterocycles. The molecule has 0 spiro atoms. The summed E-state index contributed by atoms with van der Waals surface area (Å²) in [5.41, 5.74) is 6.26. The van der Waals surface area contributed by atoms with Gasteiger partial charge >= 0.3 is 0 Å². The Kier molecular flexibility index (Phi) is 4.35. The minimum absolute atomic E-state index is 0.0893. The molecule has 0 amide bonds. The van der Waals surface area contributed by atoms with E-state index in [2.05, 4.69) is 4.98 Å². The van der Waals surface area contributed by atoms with Crippen molar-refractivity contribution in [2.24, 2.45) is 5.73 Å². The summed E-state index contributed by atoms with van der Waals surface area (Å²) < 4.78 is 25.2. The fraction of sp³-hybridized carbons (Fsp3) is 0.333. The minimum atomic E-state index is -2.56.